The molecule has 1 amide bonds. The van der Waals surface area contributed by atoms with Crippen LogP contribution in [0, 0.1) is 5.92 Å². The smallest absolute Gasteiger partial charge is 0.240 e. The zero-order valence-electron chi connectivity index (χ0n) is 12.6. The molecule has 1 saturated carbocycles. The van der Waals surface area contributed by atoms with Gasteiger partial charge in [0, 0.05) is 12.6 Å². The second kappa shape index (κ2) is 6.87. The number of carbonyl (C=O) groups is 1. The van der Waals surface area contributed by atoms with Crippen molar-refractivity contribution >= 4 is 15.9 Å². The van der Waals surface area contributed by atoms with Gasteiger partial charge in [0.15, 0.2) is 0 Å². The highest BCUT2D eigenvalue weighted by molar-refractivity contribution is 7.88. The third-order valence-corrected chi connectivity index (χ3v) is 4.68. The Bertz CT molecular complexity index is 428. The fraction of sp³-hybridized carbons (Fsp3) is 0.923. The number of carbonyl (C=O) groups excluding carboxylic acids is 1. The lowest BCUT2D eigenvalue weighted by atomic mass is 9.83. The predicted molar refractivity (Wildman–Crippen MR) is 79.6 cm³/mol. The molecule has 0 radical (unpaired) electrons. The summed E-state index contributed by atoms with van der Waals surface area (Å²) in [5, 5.41) is 2.91. The number of nitrogens with two attached hydrogens (primary N) is 1. The number of nitrogens with one attached hydrogen (secondary N) is 2. The zero-order valence-corrected chi connectivity index (χ0v) is 13.4. The molecule has 20 heavy (non-hydrogen) atoms. The van der Waals surface area contributed by atoms with Crippen molar-refractivity contribution in [2.24, 2.45) is 11.7 Å². The molecule has 1 aliphatic carbocycles. The maximum Gasteiger partial charge on any atom is 0.240 e. The summed E-state index contributed by atoms with van der Waals surface area (Å²) in [6.45, 7) is 3.49. The summed E-state index contributed by atoms with van der Waals surface area (Å²) < 4.78 is 24.9. The first-order valence-corrected chi connectivity index (χ1v) is 9.05. The minimum absolute atomic E-state index is 0.0802. The lowest BCUT2D eigenvalue weighted by Crippen LogP contribution is -2.58. The Morgan fingerprint density at radius 3 is 2.30 bits per heavy atom. The second-order valence-corrected chi connectivity index (χ2v) is 7.96. The van der Waals surface area contributed by atoms with Crippen LogP contribution in [0.3, 0.4) is 0 Å². The van der Waals surface area contributed by atoms with Gasteiger partial charge in [0.25, 0.3) is 0 Å². The quantitative estimate of drug-likeness (QED) is 0.658. The van der Waals surface area contributed by atoms with Crippen LogP contribution in [-0.4, -0.2) is 38.7 Å². The normalized spacial score (nSPS) is 19.6. The molecule has 1 rings (SSSR count). The first-order valence-electron chi connectivity index (χ1n) is 7.15. The van der Waals surface area contributed by atoms with Gasteiger partial charge in [-0.3, -0.25) is 4.79 Å². The zero-order chi connectivity index (χ0) is 15.4. The Labute approximate surface area is 121 Å². The Kier molecular flexibility index (Phi) is 5.97. The molecule has 0 aromatic heterocycles. The van der Waals surface area contributed by atoms with E-state index in [0.29, 0.717) is 12.5 Å². The molecule has 6 nitrogen and oxygen atoms in total. The summed E-state index contributed by atoms with van der Waals surface area (Å²) in [5.74, 6) is 0.0654. The number of sulfonamides is 1. The van der Waals surface area contributed by atoms with Crippen LogP contribution in [-0.2, 0) is 14.8 Å². The van der Waals surface area contributed by atoms with Crippen molar-refractivity contribution in [3.63, 3.8) is 0 Å². The van der Waals surface area contributed by atoms with E-state index < -0.39 is 15.6 Å². The Hall–Kier alpha value is -0.660. The SMILES string of the molecule is CC(C)(NS(C)(=O)=O)C(=O)NC(CN)C1CCCCC1. The highest BCUT2D eigenvalue weighted by Crippen LogP contribution is 2.26. The maximum absolute atomic E-state index is 12.3. The molecule has 0 aromatic rings. The van der Waals surface area contributed by atoms with Crippen LogP contribution in [0.25, 0.3) is 0 Å². The highest BCUT2D eigenvalue weighted by Gasteiger charge is 2.33. The van der Waals surface area contributed by atoms with E-state index in [0.717, 1.165) is 19.1 Å². The van der Waals surface area contributed by atoms with Crippen LogP contribution in [0.15, 0.2) is 0 Å². The number of hydrogen-bond acceptors (Lipinski definition) is 4. The van der Waals surface area contributed by atoms with Crippen LogP contribution in [0.4, 0.5) is 0 Å². The van der Waals surface area contributed by atoms with E-state index in [9.17, 15) is 13.2 Å². The lowest BCUT2D eigenvalue weighted by molar-refractivity contribution is -0.126. The van der Waals surface area contributed by atoms with Gasteiger partial charge >= 0.3 is 0 Å². The summed E-state index contributed by atoms with van der Waals surface area (Å²) >= 11 is 0. The van der Waals surface area contributed by atoms with Crippen molar-refractivity contribution in [1.29, 1.82) is 0 Å². The molecule has 7 heteroatoms. The molecule has 1 atom stereocenters. The molecular formula is C13H27N3O3S. The lowest BCUT2D eigenvalue weighted by Gasteiger charge is -2.33. The number of hydrogen-bond donors (Lipinski definition) is 3. The van der Waals surface area contributed by atoms with E-state index in [2.05, 4.69) is 10.0 Å². The standard InChI is InChI=1S/C13H27N3O3S/c1-13(2,16-20(3,18)19)12(17)15-11(9-14)10-7-5-4-6-8-10/h10-11,16H,4-9,14H2,1-3H3,(H,15,17). The Morgan fingerprint density at radius 2 is 1.85 bits per heavy atom. The van der Waals surface area contributed by atoms with Crippen molar-refractivity contribution in [2.75, 3.05) is 12.8 Å². The van der Waals surface area contributed by atoms with Crippen LogP contribution in [0.2, 0.25) is 0 Å². The Morgan fingerprint density at radius 1 is 1.30 bits per heavy atom. The second-order valence-electron chi connectivity index (χ2n) is 6.21. The van der Waals surface area contributed by atoms with E-state index in [-0.39, 0.29) is 11.9 Å². The topological polar surface area (TPSA) is 101 Å². The third kappa shape index (κ3) is 5.38. The van der Waals surface area contributed by atoms with E-state index >= 15 is 0 Å². The summed E-state index contributed by atoms with van der Waals surface area (Å²) in [7, 11) is -3.44. The number of rotatable bonds is 6. The van der Waals surface area contributed by atoms with Crippen molar-refractivity contribution in [2.45, 2.75) is 57.5 Å². The average Bonchev–Trinajstić information content (AvgIpc) is 2.33. The molecule has 0 aromatic carbocycles. The largest absolute Gasteiger partial charge is 0.350 e. The summed E-state index contributed by atoms with van der Waals surface area (Å²) in [4.78, 5) is 12.3. The molecule has 0 spiro atoms. The molecule has 1 aliphatic rings. The molecule has 0 bridgehead atoms. The van der Waals surface area contributed by atoms with Crippen LogP contribution < -0.4 is 15.8 Å². The van der Waals surface area contributed by atoms with E-state index in [1.54, 1.807) is 13.8 Å². The highest BCUT2D eigenvalue weighted by atomic mass is 32.2. The van der Waals surface area contributed by atoms with Crippen LogP contribution in [0.1, 0.15) is 46.0 Å². The summed E-state index contributed by atoms with van der Waals surface area (Å²) in [6.07, 6.45) is 6.76. The van der Waals surface area contributed by atoms with Crippen LogP contribution in [0.5, 0.6) is 0 Å². The predicted octanol–water partition coefficient (Wildman–Crippen LogP) is 0.338. The van der Waals surface area contributed by atoms with Gasteiger partial charge in [0.2, 0.25) is 15.9 Å². The van der Waals surface area contributed by atoms with E-state index in [1.807, 2.05) is 0 Å². The van der Waals surface area contributed by atoms with Crippen molar-refractivity contribution in [1.82, 2.24) is 10.0 Å². The van der Waals surface area contributed by atoms with E-state index in [1.165, 1.54) is 19.3 Å². The Balaban J connectivity index is 2.66. The molecule has 1 unspecified atom stereocenters. The summed E-state index contributed by atoms with van der Waals surface area (Å²) in [5.41, 5.74) is 4.60. The minimum atomic E-state index is -3.44. The van der Waals surface area contributed by atoms with Gasteiger partial charge in [0.05, 0.1) is 6.26 Å². The van der Waals surface area contributed by atoms with Crippen molar-refractivity contribution < 1.29 is 13.2 Å². The molecule has 0 saturated heterocycles. The maximum atomic E-state index is 12.3. The van der Waals surface area contributed by atoms with Gasteiger partial charge in [-0.1, -0.05) is 19.3 Å². The van der Waals surface area contributed by atoms with Gasteiger partial charge in [0.1, 0.15) is 5.54 Å². The van der Waals surface area contributed by atoms with Crippen molar-refractivity contribution in [3.8, 4) is 0 Å². The third-order valence-electron chi connectivity index (χ3n) is 3.80. The van der Waals surface area contributed by atoms with Gasteiger partial charge in [-0.15, -0.1) is 0 Å². The minimum Gasteiger partial charge on any atom is -0.350 e. The van der Waals surface area contributed by atoms with E-state index in [4.69, 9.17) is 5.73 Å². The first kappa shape index (κ1) is 17.4. The fourth-order valence-corrected chi connectivity index (χ4v) is 3.78. The molecule has 0 aliphatic heterocycles. The molecular weight excluding hydrogens is 278 g/mol. The van der Waals surface area contributed by atoms with Gasteiger partial charge in [-0.05, 0) is 32.6 Å². The van der Waals surface area contributed by atoms with Crippen LogP contribution >= 0.6 is 0 Å². The average molecular weight is 305 g/mol. The monoisotopic (exact) mass is 305 g/mol. The van der Waals surface area contributed by atoms with Gasteiger partial charge in [-0.25, -0.2) is 13.1 Å². The first-order chi connectivity index (χ1) is 9.15. The molecule has 4 N–H and O–H groups in total. The van der Waals surface area contributed by atoms with Gasteiger partial charge < -0.3 is 11.1 Å². The fourth-order valence-electron chi connectivity index (χ4n) is 2.76. The van der Waals surface area contributed by atoms with Crippen molar-refractivity contribution in [3.05, 3.63) is 0 Å². The molecule has 1 fully saturated rings. The number of amides is 1. The molecule has 0 heterocycles. The molecule has 118 valence electrons. The van der Waals surface area contributed by atoms with Gasteiger partial charge in [-0.2, -0.15) is 0 Å². The summed E-state index contributed by atoms with van der Waals surface area (Å²) in [6, 6.07) is -0.0802.